The molecular weight excluding hydrogens is 333 g/mol. The fraction of sp³-hybridized carbons (Fsp3) is 0.316. The first-order valence-electron chi connectivity index (χ1n) is 8.69. The number of hydrogen-bond donors (Lipinski definition) is 2. The zero-order chi connectivity index (χ0) is 18.1. The van der Waals surface area contributed by atoms with Crippen LogP contribution in [-0.4, -0.2) is 52.2 Å². The zero-order valence-corrected chi connectivity index (χ0v) is 14.5. The summed E-state index contributed by atoms with van der Waals surface area (Å²) in [7, 11) is 2.08. The Bertz CT molecular complexity index is 932. The quantitative estimate of drug-likeness (QED) is 0.759. The van der Waals surface area contributed by atoms with Crippen LogP contribution < -0.4 is 5.32 Å². The second kappa shape index (κ2) is 6.84. The molecule has 134 valence electrons. The molecule has 7 heteroatoms. The lowest BCUT2D eigenvalue weighted by atomic mass is 10.0. The molecule has 1 aliphatic rings. The summed E-state index contributed by atoms with van der Waals surface area (Å²) in [5.74, 6) is -0.606. The van der Waals surface area contributed by atoms with E-state index in [4.69, 9.17) is 0 Å². The number of hydrogen-bond acceptors (Lipinski definition) is 4. The molecule has 1 aromatic carbocycles. The highest BCUT2D eigenvalue weighted by Gasteiger charge is 2.22. The van der Waals surface area contributed by atoms with Crippen molar-refractivity contribution in [2.45, 2.75) is 18.9 Å². The van der Waals surface area contributed by atoms with Crippen LogP contribution in [0.3, 0.4) is 0 Å². The molecule has 2 aromatic heterocycles. The van der Waals surface area contributed by atoms with Crippen LogP contribution in [0.5, 0.6) is 0 Å². The van der Waals surface area contributed by atoms with Gasteiger partial charge < -0.3 is 10.2 Å². The Balaban J connectivity index is 1.64. The van der Waals surface area contributed by atoms with Crippen LogP contribution in [0.2, 0.25) is 0 Å². The Hall–Kier alpha value is -2.80. The smallest absolute Gasteiger partial charge is 0.272 e. The Morgan fingerprint density at radius 3 is 2.88 bits per heavy atom. The van der Waals surface area contributed by atoms with Gasteiger partial charge in [-0.05, 0) is 45.1 Å². The summed E-state index contributed by atoms with van der Waals surface area (Å²) in [6.45, 7) is 1.92. The fourth-order valence-electron chi connectivity index (χ4n) is 3.36. The Labute approximate surface area is 150 Å². The van der Waals surface area contributed by atoms with Crippen molar-refractivity contribution < 1.29 is 9.18 Å². The molecule has 0 atom stereocenters. The van der Waals surface area contributed by atoms with Gasteiger partial charge in [-0.2, -0.15) is 5.10 Å². The van der Waals surface area contributed by atoms with Crippen LogP contribution in [0.25, 0.3) is 22.0 Å². The normalized spacial score (nSPS) is 16.1. The van der Waals surface area contributed by atoms with E-state index in [0.717, 1.165) is 25.9 Å². The topological polar surface area (TPSA) is 73.9 Å². The number of nitrogens with zero attached hydrogens (tertiary/aromatic N) is 3. The van der Waals surface area contributed by atoms with Crippen LogP contribution >= 0.6 is 0 Å². The molecule has 0 bridgehead atoms. The van der Waals surface area contributed by atoms with Gasteiger partial charge in [-0.15, -0.1) is 0 Å². The van der Waals surface area contributed by atoms with Crippen LogP contribution in [0.4, 0.5) is 4.39 Å². The maximum absolute atomic E-state index is 14.4. The second-order valence-corrected chi connectivity index (χ2v) is 6.74. The van der Waals surface area contributed by atoms with Crippen molar-refractivity contribution in [1.29, 1.82) is 0 Å². The summed E-state index contributed by atoms with van der Waals surface area (Å²) in [4.78, 5) is 19.0. The molecule has 26 heavy (non-hydrogen) atoms. The van der Waals surface area contributed by atoms with E-state index < -0.39 is 0 Å². The predicted molar refractivity (Wildman–Crippen MR) is 97.3 cm³/mol. The molecule has 0 saturated carbocycles. The van der Waals surface area contributed by atoms with Crippen molar-refractivity contribution in [2.75, 3.05) is 20.1 Å². The van der Waals surface area contributed by atoms with E-state index in [0.29, 0.717) is 27.7 Å². The number of nitrogens with one attached hydrogen (secondary N) is 2. The lowest BCUT2D eigenvalue weighted by molar-refractivity contribution is 0.0913. The third-order valence-corrected chi connectivity index (χ3v) is 4.89. The number of aromatic amines is 1. The fourth-order valence-corrected chi connectivity index (χ4v) is 3.36. The summed E-state index contributed by atoms with van der Waals surface area (Å²) in [6, 6.07) is 6.72. The maximum Gasteiger partial charge on any atom is 0.272 e. The summed E-state index contributed by atoms with van der Waals surface area (Å²) in [5, 5.41) is 10.5. The molecule has 6 nitrogen and oxygen atoms in total. The van der Waals surface area contributed by atoms with Crippen molar-refractivity contribution in [3.05, 3.63) is 48.2 Å². The SMILES string of the molecule is CN1CCC(NC(=O)c2n[nH]c3cc(F)c(-c4cccnc4)cc23)CC1. The standard InChI is InChI=1S/C19H20FN5O/c1-25-7-4-13(5-8-25)22-19(26)18-15-9-14(12-3-2-6-21-11-12)16(20)10-17(15)23-24-18/h2-3,6,9-11,13H,4-5,7-8H2,1H3,(H,22,26)(H,23,24). The molecule has 1 aliphatic heterocycles. The van der Waals surface area contributed by atoms with Crippen LogP contribution in [-0.2, 0) is 0 Å². The van der Waals surface area contributed by atoms with Gasteiger partial charge in [-0.1, -0.05) is 6.07 Å². The molecule has 3 aromatic rings. The molecular formula is C19H20FN5O. The van der Waals surface area contributed by atoms with Crippen molar-refractivity contribution >= 4 is 16.8 Å². The minimum Gasteiger partial charge on any atom is -0.348 e. The molecule has 1 fully saturated rings. The van der Waals surface area contributed by atoms with Gasteiger partial charge in [-0.25, -0.2) is 4.39 Å². The monoisotopic (exact) mass is 353 g/mol. The molecule has 0 radical (unpaired) electrons. The first-order chi connectivity index (χ1) is 12.6. The average Bonchev–Trinajstić information content (AvgIpc) is 3.06. The first kappa shape index (κ1) is 16.7. The summed E-state index contributed by atoms with van der Waals surface area (Å²) in [6.07, 6.45) is 5.07. The Kier molecular flexibility index (Phi) is 4.38. The predicted octanol–water partition coefficient (Wildman–Crippen LogP) is 2.59. The van der Waals surface area contributed by atoms with Gasteiger partial charge in [0.05, 0.1) is 5.52 Å². The molecule has 1 saturated heterocycles. The number of fused-ring (bicyclic) bond motifs is 1. The molecule has 2 N–H and O–H groups in total. The van der Waals surface area contributed by atoms with Crippen LogP contribution in [0.1, 0.15) is 23.3 Å². The number of benzene rings is 1. The number of amides is 1. The van der Waals surface area contributed by atoms with E-state index in [-0.39, 0.29) is 17.8 Å². The molecule has 0 aliphatic carbocycles. The average molecular weight is 353 g/mol. The minimum absolute atomic E-state index is 0.142. The van der Waals surface area contributed by atoms with Gasteiger partial charge in [0.2, 0.25) is 0 Å². The Morgan fingerprint density at radius 2 is 2.15 bits per heavy atom. The van der Waals surface area contributed by atoms with Crippen molar-refractivity contribution in [1.82, 2.24) is 25.4 Å². The number of carbonyl (C=O) groups is 1. The van der Waals surface area contributed by atoms with Gasteiger partial charge in [0, 0.05) is 41.0 Å². The van der Waals surface area contributed by atoms with Crippen LogP contribution in [0.15, 0.2) is 36.7 Å². The highest BCUT2D eigenvalue weighted by atomic mass is 19.1. The number of likely N-dealkylation sites (tertiary alicyclic amines) is 1. The minimum atomic E-state index is -0.378. The third-order valence-electron chi connectivity index (χ3n) is 4.89. The van der Waals surface area contributed by atoms with Gasteiger partial charge in [-0.3, -0.25) is 14.9 Å². The first-order valence-corrected chi connectivity index (χ1v) is 8.69. The summed E-state index contributed by atoms with van der Waals surface area (Å²) < 4.78 is 14.4. The second-order valence-electron chi connectivity index (χ2n) is 6.74. The van der Waals surface area contributed by atoms with Gasteiger partial charge in [0.15, 0.2) is 5.69 Å². The number of aromatic nitrogens is 3. The zero-order valence-electron chi connectivity index (χ0n) is 14.5. The lowest BCUT2D eigenvalue weighted by Gasteiger charge is -2.29. The van der Waals surface area contributed by atoms with Crippen molar-refractivity contribution in [3.63, 3.8) is 0 Å². The highest BCUT2D eigenvalue weighted by molar-refractivity contribution is 6.05. The number of carbonyl (C=O) groups excluding carboxylic acids is 1. The van der Waals surface area contributed by atoms with Gasteiger partial charge >= 0.3 is 0 Å². The highest BCUT2D eigenvalue weighted by Crippen LogP contribution is 2.28. The lowest BCUT2D eigenvalue weighted by Crippen LogP contribution is -2.43. The van der Waals surface area contributed by atoms with E-state index in [1.54, 1.807) is 30.6 Å². The van der Waals surface area contributed by atoms with Gasteiger partial charge in [0.25, 0.3) is 5.91 Å². The molecule has 4 rings (SSSR count). The van der Waals surface area contributed by atoms with E-state index >= 15 is 0 Å². The van der Waals surface area contributed by atoms with Crippen molar-refractivity contribution in [3.8, 4) is 11.1 Å². The largest absolute Gasteiger partial charge is 0.348 e. The number of rotatable bonds is 3. The molecule has 0 spiro atoms. The van der Waals surface area contributed by atoms with Crippen molar-refractivity contribution in [2.24, 2.45) is 0 Å². The number of piperidine rings is 1. The maximum atomic E-state index is 14.4. The van der Waals surface area contributed by atoms with E-state index in [1.807, 2.05) is 0 Å². The number of H-pyrrole nitrogens is 1. The molecule has 3 heterocycles. The molecule has 1 amide bonds. The number of halogens is 1. The van der Waals surface area contributed by atoms with Crippen LogP contribution in [0, 0.1) is 5.82 Å². The van der Waals surface area contributed by atoms with E-state index in [9.17, 15) is 9.18 Å². The Morgan fingerprint density at radius 1 is 1.35 bits per heavy atom. The molecule has 0 unspecified atom stereocenters. The summed E-state index contributed by atoms with van der Waals surface area (Å²) >= 11 is 0. The third kappa shape index (κ3) is 3.17. The van der Waals surface area contributed by atoms with E-state index in [1.165, 1.54) is 6.07 Å². The number of pyridine rings is 1. The van der Waals surface area contributed by atoms with E-state index in [2.05, 4.69) is 32.4 Å². The van der Waals surface area contributed by atoms with Gasteiger partial charge in [0.1, 0.15) is 5.82 Å². The summed E-state index contributed by atoms with van der Waals surface area (Å²) in [5.41, 5.74) is 1.86.